The molecule has 1 nitrogen and oxygen atoms in total. The first kappa shape index (κ1) is 28.4. The van der Waals surface area contributed by atoms with Crippen molar-refractivity contribution in [3.8, 4) is 0 Å². The molecule has 1 unspecified atom stereocenters. The number of aliphatic hydroxyl groups is 1. The van der Waals surface area contributed by atoms with E-state index in [9.17, 15) is 5.11 Å². The Morgan fingerprint density at radius 2 is 1.16 bits per heavy atom. The molecule has 0 saturated carbocycles. The molecule has 2 aromatic rings. The maximum absolute atomic E-state index is 12.5. The van der Waals surface area contributed by atoms with E-state index in [1.807, 2.05) is 18.2 Å². The average molecular weight is 510 g/mol. The Labute approximate surface area is 207 Å². The first-order valence-electron chi connectivity index (χ1n) is 10.2. The molecule has 1 N–H and O–H groups in total. The summed E-state index contributed by atoms with van der Waals surface area (Å²) in [5, 5.41) is 11.5. The number of rotatable bonds is 4. The van der Waals surface area contributed by atoms with E-state index in [2.05, 4.69) is 84.1 Å². The van der Waals surface area contributed by atoms with Crippen molar-refractivity contribution < 1.29 is 22.1 Å². The van der Waals surface area contributed by atoms with Crippen LogP contribution in [-0.4, -0.2) is 13.2 Å². The van der Waals surface area contributed by atoms with Crippen LogP contribution in [0, 0.1) is 14.4 Å². The second kappa shape index (κ2) is 11.5. The topological polar surface area (TPSA) is 20.2 Å². The third-order valence-corrected chi connectivity index (χ3v) is 11.7. The van der Waals surface area contributed by atoms with Gasteiger partial charge in [0.05, 0.1) is 0 Å². The minimum absolute atomic E-state index is 0. The fraction of sp³-hybridized carbons (Fsp3) is 0.346. The molecule has 0 heterocycles. The molecule has 0 amide bonds. The van der Waals surface area contributed by atoms with Gasteiger partial charge in [-0.25, -0.2) is 0 Å². The van der Waals surface area contributed by atoms with E-state index in [1.54, 1.807) is 0 Å². The summed E-state index contributed by atoms with van der Waals surface area (Å²) in [6.07, 6.45) is 0. The molecule has 5 heteroatoms. The molecule has 0 radical (unpaired) electrons. The Balaban J connectivity index is 0.00000113. The fourth-order valence-corrected chi connectivity index (χ4v) is 9.86. The van der Waals surface area contributed by atoms with Crippen LogP contribution in [0.2, 0.25) is 18.6 Å². The third kappa shape index (κ3) is 5.32. The van der Waals surface area contributed by atoms with Crippen molar-refractivity contribution >= 4 is 26.7 Å². The van der Waals surface area contributed by atoms with Gasteiger partial charge in [0.25, 0.3) is 0 Å². The normalized spacial score (nSPS) is 16.3. The van der Waals surface area contributed by atoms with E-state index in [-0.39, 0.29) is 7.43 Å². The molecule has 0 aromatic heterocycles. The molecule has 0 bridgehead atoms. The Kier molecular flexibility index (Phi) is 10.5. The second-order valence-corrected chi connectivity index (χ2v) is 16.1. The number of aryl methyl sites for hydroxylation is 1. The van der Waals surface area contributed by atoms with E-state index in [0.29, 0.717) is 5.54 Å². The summed E-state index contributed by atoms with van der Waals surface area (Å²) < 4.78 is 0. The van der Waals surface area contributed by atoms with Crippen molar-refractivity contribution in [2.75, 3.05) is 0 Å². The number of benzene rings is 2. The summed E-state index contributed by atoms with van der Waals surface area (Å²) in [7, 11) is 7.48. The fourth-order valence-electron chi connectivity index (χ4n) is 5.03. The van der Waals surface area contributed by atoms with Gasteiger partial charge in [-0.05, 0) is 56.9 Å². The Hall–Kier alpha value is -0.609. The van der Waals surface area contributed by atoms with Crippen LogP contribution in [0.5, 0.6) is 0 Å². The predicted molar refractivity (Wildman–Crippen MR) is 137 cm³/mol. The number of hydrogen-bond donors (Lipinski definition) is 1. The second-order valence-electron chi connectivity index (χ2n) is 8.78. The van der Waals surface area contributed by atoms with Crippen molar-refractivity contribution in [2.45, 2.75) is 58.5 Å². The van der Waals surface area contributed by atoms with Gasteiger partial charge in [0.15, 0.2) is 0 Å². The van der Waals surface area contributed by atoms with Crippen molar-refractivity contribution in [2.24, 2.45) is 0 Å². The molecule has 168 valence electrons. The molecule has 3 rings (SSSR count). The van der Waals surface area contributed by atoms with Crippen molar-refractivity contribution in [1.82, 2.24) is 0 Å². The third-order valence-electron chi connectivity index (χ3n) is 6.93. The summed E-state index contributed by atoms with van der Waals surface area (Å²) in [4.78, 5) is 0. The molecule has 1 aliphatic carbocycles. The van der Waals surface area contributed by atoms with Crippen molar-refractivity contribution in [1.29, 1.82) is 0 Å². The van der Waals surface area contributed by atoms with Gasteiger partial charge in [-0.3, -0.25) is 0 Å². The molecule has 0 saturated heterocycles. The van der Waals surface area contributed by atoms with Gasteiger partial charge in [-0.2, -0.15) is 0 Å². The van der Waals surface area contributed by atoms with Gasteiger partial charge in [-0.15, -0.1) is 0 Å². The van der Waals surface area contributed by atoms with E-state index < -0.39 is 30.3 Å². The Morgan fingerprint density at radius 3 is 1.58 bits per heavy atom. The van der Waals surface area contributed by atoms with Crippen molar-refractivity contribution in [3.63, 3.8) is 0 Å². The molecule has 2 aromatic carbocycles. The molecular weight excluding hydrogens is 475 g/mol. The van der Waals surface area contributed by atoms with Gasteiger partial charge in [-0.1, -0.05) is 84.4 Å². The van der Waals surface area contributed by atoms with Gasteiger partial charge < -0.3 is 12.5 Å². The van der Waals surface area contributed by atoms with Crippen LogP contribution in [0.4, 0.5) is 0 Å². The number of hydrogen-bond acceptors (Lipinski definition) is 1. The van der Waals surface area contributed by atoms with Crippen LogP contribution in [0.1, 0.15) is 44.4 Å². The standard InChI is InChI=1S/C25H32OSi.CH3.2ClH.Ti/c1-17-13-15-23(16-14-17)25(26,22-11-9-8-10-12-22)27(6,7)24-20(4)18(2)19(3)21(24)5;;;;/h8-16,24,26H,1-7H3;1H3;2*1H;/q;-1;;;+2/p-2. The molecule has 0 spiro atoms. The van der Waals surface area contributed by atoms with Crippen molar-refractivity contribution in [3.05, 3.63) is 101 Å². The molecule has 1 atom stereocenters. The van der Waals surface area contributed by atoms with Gasteiger partial charge in [0.2, 0.25) is 0 Å². The zero-order chi connectivity index (χ0) is 22.7. The molecule has 31 heavy (non-hydrogen) atoms. The Bertz CT molecular complexity index is 912. The maximum atomic E-state index is 12.5. The summed E-state index contributed by atoms with van der Waals surface area (Å²) in [5.74, 6) is 0. The quantitative estimate of drug-likeness (QED) is 0.324. The zero-order valence-electron chi connectivity index (χ0n) is 20.0. The van der Waals surface area contributed by atoms with E-state index in [0.717, 1.165) is 11.1 Å². The molecule has 0 aliphatic heterocycles. The summed E-state index contributed by atoms with van der Waals surface area (Å²) >= 11 is -0.556. The van der Waals surface area contributed by atoms with Crippen LogP contribution in [0.15, 0.2) is 76.9 Å². The number of halogens is 2. The van der Waals surface area contributed by atoms with Crippen LogP contribution >= 0.6 is 18.6 Å². The SMILES string of the molecule is CC1=C(C)C([Si](C)(C)C(O)(c2ccccc2)c2ccc(C)cc2)C(C)=C1C.[CH3-].[Cl][Ti][Cl]. The predicted octanol–water partition coefficient (Wildman–Crippen LogP) is 8.36. The van der Waals surface area contributed by atoms with Gasteiger partial charge in [0, 0.05) is 5.54 Å². The van der Waals surface area contributed by atoms with E-state index in [4.69, 9.17) is 18.6 Å². The first-order chi connectivity index (χ1) is 14.0. The summed E-state index contributed by atoms with van der Waals surface area (Å²) in [5.41, 5.74) is 9.24. The van der Waals surface area contributed by atoms with Crippen LogP contribution in [0.3, 0.4) is 0 Å². The first-order valence-corrected chi connectivity index (χ1v) is 17.6. The summed E-state index contributed by atoms with van der Waals surface area (Å²) in [6, 6.07) is 18.7. The van der Waals surface area contributed by atoms with Crippen LogP contribution < -0.4 is 0 Å². The Morgan fingerprint density at radius 1 is 0.774 bits per heavy atom. The molecule has 1 aliphatic rings. The number of allylic oxidation sites excluding steroid dienone is 4. The minimum atomic E-state index is -2.29. The molecular formula is C26H35Cl2OSiTi-. The van der Waals surface area contributed by atoms with Gasteiger partial charge >= 0.3 is 35.6 Å². The van der Waals surface area contributed by atoms with Crippen LogP contribution in [0.25, 0.3) is 0 Å². The molecule has 0 fully saturated rings. The monoisotopic (exact) mass is 509 g/mol. The van der Waals surface area contributed by atoms with Crippen LogP contribution in [-0.2, 0) is 22.3 Å². The van der Waals surface area contributed by atoms with E-state index >= 15 is 0 Å². The average Bonchev–Trinajstić information content (AvgIpc) is 2.92. The zero-order valence-corrected chi connectivity index (χ0v) is 24.1. The van der Waals surface area contributed by atoms with E-state index in [1.165, 1.54) is 27.9 Å². The summed E-state index contributed by atoms with van der Waals surface area (Å²) in [6.45, 7) is 15.8. The van der Waals surface area contributed by atoms with Gasteiger partial charge in [0.1, 0.15) is 13.3 Å².